The van der Waals surface area contributed by atoms with Crippen LogP contribution in [0.3, 0.4) is 0 Å². The maximum atomic E-state index is 13.4. The van der Waals surface area contributed by atoms with Gasteiger partial charge >= 0.3 is 5.97 Å². The maximum Gasteiger partial charge on any atom is 0.336 e. The van der Waals surface area contributed by atoms with Crippen LogP contribution in [0.5, 0.6) is 0 Å². The predicted molar refractivity (Wildman–Crippen MR) is 112 cm³/mol. The zero-order chi connectivity index (χ0) is 20.5. The third kappa shape index (κ3) is 3.51. The topological polar surface area (TPSA) is 55.4 Å². The van der Waals surface area contributed by atoms with E-state index in [2.05, 4.69) is 17.4 Å². The van der Waals surface area contributed by atoms with E-state index in [-0.39, 0.29) is 11.7 Å². The smallest absolute Gasteiger partial charge is 0.336 e. The predicted octanol–water partition coefficient (Wildman–Crippen LogP) is 4.53. The number of nitrogens with one attached hydrogen (secondary N) is 1. The highest BCUT2D eigenvalue weighted by atomic mass is 16.5. The molecule has 1 N–H and O–H groups in total. The first-order chi connectivity index (χ1) is 14.0. The van der Waals surface area contributed by atoms with Crippen LogP contribution in [0.25, 0.3) is 0 Å². The van der Waals surface area contributed by atoms with Gasteiger partial charge in [0.25, 0.3) is 0 Å². The molecule has 2 aromatic rings. The Bertz CT molecular complexity index is 1020. The molecular weight excluding hydrogens is 362 g/mol. The molecule has 0 saturated heterocycles. The number of hydrogen-bond donors (Lipinski definition) is 1. The highest BCUT2D eigenvalue weighted by molar-refractivity contribution is 6.04. The molecule has 0 spiro atoms. The van der Waals surface area contributed by atoms with Crippen LogP contribution in [-0.4, -0.2) is 18.9 Å². The summed E-state index contributed by atoms with van der Waals surface area (Å²) in [5.41, 5.74) is 6.14. The Balaban J connectivity index is 1.81. The maximum absolute atomic E-state index is 13.4. The third-order valence-electron chi connectivity index (χ3n) is 5.91. The molecule has 2 aromatic carbocycles. The van der Waals surface area contributed by atoms with Crippen LogP contribution in [0.1, 0.15) is 48.3 Å². The van der Waals surface area contributed by atoms with Crippen LogP contribution >= 0.6 is 0 Å². The summed E-state index contributed by atoms with van der Waals surface area (Å²) in [5, 5.41) is 3.36. The van der Waals surface area contributed by atoms with E-state index in [9.17, 15) is 9.59 Å². The number of ether oxygens (including phenoxy) is 1. The number of carbonyl (C=O) groups excluding carboxylic acids is 2. The monoisotopic (exact) mass is 387 g/mol. The van der Waals surface area contributed by atoms with Crippen molar-refractivity contribution in [1.82, 2.24) is 5.32 Å². The van der Waals surface area contributed by atoms with Gasteiger partial charge in [-0.3, -0.25) is 4.79 Å². The molecule has 2 unspecified atom stereocenters. The number of allylic oxidation sites excluding steroid dienone is 3. The second-order valence-corrected chi connectivity index (χ2v) is 7.83. The number of carbonyl (C=O) groups is 2. The SMILES string of the molecule is COC(=O)C1=C(C)NC2=C(C(=O)CC(c3ccccc3)C2)C1c1ccc(C)cc1. The second-order valence-electron chi connectivity index (χ2n) is 7.83. The third-order valence-corrected chi connectivity index (χ3v) is 5.91. The number of benzene rings is 2. The van der Waals surface area contributed by atoms with Crippen molar-refractivity contribution in [2.75, 3.05) is 7.11 Å². The fourth-order valence-corrected chi connectivity index (χ4v) is 4.47. The summed E-state index contributed by atoms with van der Waals surface area (Å²) < 4.78 is 5.07. The van der Waals surface area contributed by atoms with Gasteiger partial charge in [-0.2, -0.15) is 0 Å². The molecule has 1 heterocycles. The van der Waals surface area contributed by atoms with Crippen molar-refractivity contribution in [3.05, 3.63) is 93.8 Å². The Morgan fingerprint density at radius 2 is 1.66 bits per heavy atom. The minimum absolute atomic E-state index is 0.0899. The highest BCUT2D eigenvalue weighted by Crippen LogP contribution is 2.45. The van der Waals surface area contributed by atoms with E-state index in [0.29, 0.717) is 17.6 Å². The van der Waals surface area contributed by atoms with Gasteiger partial charge in [-0.1, -0.05) is 60.2 Å². The summed E-state index contributed by atoms with van der Waals surface area (Å²) >= 11 is 0. The normalized spacial score (nSPS) is 21.6. The van der Waals surface area contributed by atoms with Crippen LogP contribution in [0.4, 0.5) is 0 Å². The minimum atomic E-state index is -0.400. The Kier molecular flexibility index (Phi) is 5.10. The molecule has 1 aliphatic carbocycles. The van der Waals surface area contributed by atoms with Crippen molar-refractivity contribution in [2.24, 2.45) is 0 Å². The summed E-state index contributed by atoms with van der Waals surface area (Å²) in [7, 11) is 1.38. The van der Waals surface area contributed by atoms with Crippen LogP contribution in [0, 0.1) is 6.92 Å². The lowest BCUT2D eigenvalue weighted by Crippen LogP contribution is -2.36. The van der Waals surface area contributed by atoms with Crippen molar-refractivity contribution in [3.8, 4) is 0 Å². The molecule has 0 bridgehead atoms. The molecule has 2 aliphatic rings. The van der Waals surface area contributed by atoms with Gasteiger partial charge in [0.1, 0.15) is 0 Å². The number of hydrogen-bond acceptors (Lipinski definition) is 4. The first-order valence-electron chi connectivity index (χ1n) is 9.93. The molecule has 2 atom stereocenters. The van der Waals surface area contributed by atoms with Crippen molar-refractivity contribution in [2.45, 2.75) is 38.5 Å². The van der Waals surface area contributed by atoms with E-state index in [0.717, 1.165) is 28.9 Å². The summed E-state index contributed by atoms with van der Waals surface area (Å²) in [6, 6.07) is 18.2. The number of aryl methyl sites for hydroxylation is 1. The summed E-state index contributed by atoms with van der Waals surface area (Å²) in [6.07, 6.45) is 1.19. The molecule has 0 amide bonds. The molecule has 29 heavy (non-hydrogen) atoms. The first kappa shape index (κ1) is 19.2. The fraction of sp³-hybridized carbons (Fsp3) is 0.280. The van der Waals surface area contributed by atoms with Crippen LogP contribution in [0.15, 0.2) is 77.1 Å². The molecule has 4 heteroatoms. The van der Waals surface area contributed by atoms with E-state index in [1.165, 1.54) is 12.7 Å². The lowest BCUT2D eigenvalue weighted by Gasteiger charge is -2.36. The fourth-order valence-electron chi connectivity index (χ4n) is 4.47. The van der Waals surface area contributed by atoms with Crippen molar-refractivity contribution >= 4 is 11.8 Å². The molecule has 0 saturated carbocycles. The lowest BCUT2D eigenvalue weighted by molar-refractivity contribution is -0.136. The second kappa shape index (κ2) is 7.70. The van der Waals surface area contributed by atoms with E-state index >= 15 is 0 Å². The van der Waals surface area contributed by atoms with Gasteiger partial charge in [0.15, 0.2) is 5.78 Å². The molecule has 1 aliphatic heterocycles. The van der Waals surface area contributed by atoms with Crippen molar-refractivity contribution in [1.29, 1.82) is 0 Å². The Morgan fingerprint density at radius 3 is 2.31 bits per heavy atom. The van der Waals surface area contributed by atoms with Gasteiger partial charge in [0, 0.05) is 29.3 Å². The van der Waals surface area contributed by atoms with Gasteiger partial charge in [0.2, 0.25) is 0 Å². The van der Waals surface area contributed by atoms with E-state index in [4.69, 9.17) is 4.74 Å². The number of rotatable bonds is 3. The molecule has 4 nitrogen and oxygen atoms in total. The number of dihydropyridines is 1. The van der Waals surface area contributed by atoms with E-state index in [1.54, 1.807) is 0 Å². The number of methoxy groups -OCH3 is 1. The van der Waals surface area contributed by atoms with E-state index in [1.807, 2.05) is 56.3 Å². The zero-order valence-corrected chi connectivity index (χ0v) is 17.0. The zero-order valence-electron chi connectivity index (χ0n) is 17.0. The number of esters is 1. The molecule has 0 fully saturated rings. The molecular formula is C25H25NO3. The first-order valence-corrected chi connectivity index (χ1v) is 9.93. The number of ketones is 1. The lowest BCUT2D eigenvalue weighted by atomic mass is 9.71. The summed E-state index contributed by atoms with van der Waals surface area (Å²) in [6.45, 7) is 3.91. The molecule has 4 rings (SSSR count). The van der Waals surface area contributed by atoms with Gasteiger partial charge in [-0.25, -0.2) is 4.79 Å². The van der Waals surface area contributed by atoms with Crippen molar-refractivity contribution < 1.29 is 14.3 Å². The van der Waals surface area contributed by atoms with Crippen LogP contribution < -0.4 is 5.32 Å². The Morgan fingerprint density at radius 1 is 0.966 bits per heavy atom. The van der Waals surface area contributed by atoms with Gasteiger partial charge in [-0.05, 0) is 37.3 Å². The largest absolute Gasteiger partial charge is 0.466 e. The van der Waals surface area contributed by atoms with Gasteiger partial charge in [0.05, 0.1) is 12.7 Å². The summed E-state index contributed by atoms with van der Waals surface area (Å²) in [4.78, 5) is 26.0. The molecule has 0 aromatic heterocycles. The van der Waals surface area contributed by atoms with Gasteiger partial charge in [-0.15, -0.1) is 0 Å². The standard InChI is InChI=1S/C25H25NO3/c1-15-9-11-18(12-10-15)23-22(25(28)29-3)16(2)26-20-13-19(14-21(27)24(20)23)17-7-5-4-6-8-17/h4-12,19,23,26H,13-14H2,1-3H3. The molecule has 0 radical (unpaired) electrons. The average molecular weight is 387 g/mol. The number of Topliss-reactive ketones (excluding diaryl/α,β-unsaturated/α-hetero) is 1. The van der Waals surface area contributed by atoms with Gasteiger partial charge < -0.3 is 10.1 Å². The van der Waals surface area contributed by atoms with E-state index < -0.39 is 11.9 Å². The van der Waals surface area contributed by atoms with Crippen LogP contribution in [0.2, 0.25) is 0 Å². The Hall–Kier alpha value is -3.14. The van der Waals surface area contributed by atoms with Crippen molar-refractivity contribution in [3.63, 3.8) is 0 Å². The Labute approximate surface area is 171 Å². The molecule has 148 valence electrons. The summed E-state index contributed by atoms with van der Waals surface area (Å²) in [5.74, 6) is -0.568. The van der Waals surface area contributed by atoms with Crippen LogP contribution in [-0.2, 0) is 14.3 Å². The minimum Gasteiger partial charge on any atom is -0.466 e. The average Bonchev–Trinajstić information content (AvgIpc) is 2.73. The quantitative estimate of drug-likeness (QED) is 0.786. The highest BCUT2D eigenvalue weighted by Gasteiger charge is 2.41.